The monoisotopic (exact) mass is 437 g/mol. The van der Waals surface area contributed by atoms with Crippen molar-refractivity contribution in [3.8, 4) is 11.5 Å². The molecule has 6 nitrogen and oxygen atoms in total. The van der Waals surface area contributed by atoms with Gasteiger partial charge in [0.2, 0.25) is 0 Å². The predicted octanol–water partition coefficient (Wildman–Crippen LogP) is 4.62. The Morgan fingerprint density at radius 3 is 2.73 bits per heavy atom. The molecule has 1 amide bonds. The van der Waals surface area contributed by atoms with Gasteiger partial charge < -0.3 is 14.4 Å². The molecular formula is C22H19N3O3S2. The maximum absolute atomic E-state index is 13.2. The molecule has 3 heterocycles. The zero-order valence-corrected chi connectivity index (χ0v) is 18.0. The van der Waals surface area contributed by atoms with Gasteiger partial charge in [0.25, 0.3) is 5.91 Å². The van der Waals surface area contributed by atoms with E-state index in [0.29, 0.717) is 47.0 Å². The quantitative estimate of drug-likeness (QED) is 0.516. The van der Waals surface area contributed by atoms with Crippen LogP contribution in [0.4, 0.5) is 11.4 Å². The predicted molar refractivity (Wildman–Crippen MR) is 122 cm³/mol. The van der Waals surface area contributed by atoms with Gasteiger partial charge in [0, 0.05) is 24.6 Å². The minimum atomic E-state index is -0.0571. The van der Waals surface area contributed by atoms with Crippen molar-refractivity contribution in [1.29, 1.82) is 0 Å². The molecule has 0 spiro atoms. The first-order valence-electron chi connectivity index (χ1n) is 9.49. The first-order chi connectivity index (χ1) is 14.7. The molecule has 0 aromatic heterocycles. The highest BCUT2D eigenvalue weighted by Crippen LogP contribution is 2.50. The van der Waals surface area contributed by atoms with E-state index in [2.05, 4.69) is 23.6 Å². The molecule has 0 aliphatic carbocycles. The molecule has 0 radical (unpaired) electrons. The summed E-state index contributed by atoms with van der Waals surface area (Å²) in [4.78, 5) is 23.5. The second kappa shape index (κ2) is 7.77. The molecule has 0 saturated carbocycles. The molecule has 3 aliphatic rings. The summed E-state index contributed by atoms with van der Waals surface area (Å²) >= 11 is 3.01. The summed E-state index contributed by atoms with van der Waals surface area (Å²) in [6.45, 7) is 5.26. The zero-order valence-electron chi connectivity index (χ0n) is 16.3. The number of amides is 1. The molecule has 0 N–H and O–H groups in total. The summed E-state index contributed by atoms with van der Waals surface area (Å²) in [5, 5.41) is 1.55. The topological polar surface area (TPSA) is 54.4 Å². The van der Waals surface area contributed by atoms with Crippen LogP contribution in [0.2, 0.25) is 0 Å². The van der Waals surface area contributed by atoms with Crippen LogP contribution >= 0.6 is 23.5 Å². The highest BCUT2D eigenvalue weighted by Gasteiger charge is 2.38. The lowest BCUT2D eigenvalue weighted by atomic mass is 10.2. The number of ether oxygens (including phenoxy) is 2. The van der Waals surface area contributed by atoms with Crippen molar-refractivity contribution in [3.63, 3.8) is 0 Å². The summed E-state index contributed by atoms with van der Waals surface area (Å²) < 4.78 is 11.2. The second-order valence-corrected chi connectivity index (χ2v) is 8.80. The highest BCUT2D eigenvalue weighted by atomic mass is 32.2. The van der Waals surface area contributed by atoms with Gasteiger partial charge in [0.05, 0.1) is 16.4 Å². The lowest BCUT2D eigenvalue weighted by Gasteiger charge is -2.18. The number of benzene rings is 2. The van der Waals surface area contributed by atoms with E-state index in [-0.39, 0.29) is 5.91 Å². The molecule has 30 heavy (non-hydrogen) atoms. The molecule has 3 aliphatic heterocycles. The van der Waals surface area contributed by atoms with Gasteiger partial charge in [-0.15, -0.1) is 6.58 Å². The number of carbonyl (C=O) groups is 1. The molecule has 0 bridgehead atoms. The van der Waals surface area contributed by atoms with Crippen molar-refractivity contribution < 1.29 is 14.3 Å². The summed E-state index contributed by atoms with van der Waals surface area (Å²) in [6.07, 6.45) is 1.71. The Morgan fingerprint density at radius 1 is 1.13 bits per heavy atom. The van der Waals surface area contributed by atoms with Crippen molar-refractivity contribution in [1.82, 2.24) is 4.90 Å². The Hall–Kier alpha value is -2.84. The van der Waals surface area contributed by atoms with Gasteiger partial charge in [0.15, 0.2) is 16.7 Å². The van der Waals surface area contributed by atoms with Gasteiger partial charge in [-0.25, -0.2) is 4.99 Å². The Kier molecular flexibility index (Phi) is 4.96. The minimum Gasteiger partial charge on any atom is -0.486 e. The normalized spacial score (nSPS) is 21.4. The lowest BCUT2D eigenvalue weighted by Crippen LogP contribution is -2.29. The summed E-state index contributed by atoms with van der Waals surface area (Å²) in [5.74, 6) is 1.33. The Labute approximate surface area is 183 Å². The summed E-state index contributed by atoms with van der Waals surface area (Å²) in [7, 11) is 1.99. The summed E-state index contributed by atoms with van der Waals surface area (Å²) in [6, 6.07) is 13.7. The van der Waals surface area contributed by atoms with Crippen molar-refractivity contribution in [2.45, 2.75) is 4.90 Å². The van der Waals surface area contributed by atoms with E-state index >= 15 is 0 Å². The Morgan fingerprint density at radius 2 is 1.93 bits per heavy atom. The fourth-order valence-electron chi connectivity index (χ4n) is 3.42. The Balaban J connectivity index is 1.51. The first-order valence-corrected chi connectivity index (χ1v) is 11.1. The number of hydrogen-bond donors (Lipinski definition) is 0. The maximum Gasteiger partial charge on any atom is 0.269 e. The van der Waals surface area contributed by atoms with Crippen LogP contribution in [0.1, 0.15) is 0 Å². The number of anilines is 1. The SMILES string of the molecule is C=CCN1C(=O)/C(=C2/Sc3ccccc3N2C)SC1=Nc1ccc2c(c1)OCCO2. The fourth-order valence-corrected chi connectivity index (χ4v) is 5.77. The maximum atomic E-state index is 13.2. The van der Waals surface area contributed by atoms with Gasteiger partial charge >= 0.3 is 0 Å². The van der Waals surface area contributed by atoms with E-state index < -0.39 is 0 Å². The molecule has 5 rings (SSSR count). The van der Waals surface area contributed by atoms with Crippen LogP contribution < -0.4 is 14.4 Å². The van der Waals surface area contributed by atoms with Crippen LogP contribution in [-0.4, -0.2) is 42.8 Å². The number of carbonyl (C=O) groups excluding carboxylic acids is 1. The van der Waals surface area contributed by atoms with Gasteiger partial charge in [-0.3, -0.25) is 9.69 Å². The molecule has 0 atom stereocenters. The van der Waals surface area contributed by atoms with Gasteiger partial charge in [-0.2, -0.15) is 0 Å². The van der Waals surface area contributed by atoms with Crippen LogP contribution in [0.3, 0.4) is 0 Å². The number of amidine groups is 1. The van der Waals surface area contributed by atoms with E-state index in [1.807, 2.05) is 37.4 Å². The molecule has 0 unspecified atom stereocenters. The number of fused-ring (bicyclic) bond motifs is 2. The molecule has 1 fully saturated rings. The average Bonchev–Trinajstić information content (AvgIpc) is 3.26. The molecular weight excluding hydrogens is 418 g/mol. The van der Waals surface area contributed by atoms with Crippen LogP contribution in [0, 0.1) is 0 Å². The van der Waals surface area contributed by atoms with Gasteiger partial charge in [0.1, 0.15) is 18.1 Å². The van der Waals surface area contributed by atoms with Crippen molar-refractivity contribution in [2.24, 2.45) is 4.99 Å². The fraction of sp³-hybridized carbons (Fsp3) is 0.182. The molecule has 152 valence electrons. The first kappa shape index (κ1) is 19.1. The van der Waals surface area contributed by atoms with Crippen LogP contribution in [0.15, 0.2) is 74.9 Å². The van der Waals surface area contributed by atoms with Gasteiger partial charge in [-0.1, -0.05) is 30.0 Å². The number of aliphatic imine (C=N–C) groups is 1. The average molecular weight is 438 g/mol. The van der Waals surface area contributed by atoms with Crippen LogP contribution in [0.5, 0.6) is 11.5 Å². The third-order valence-electron chi connectivity index (χ3n) is 4.86. The molecule has 8 heteroatoms. The Bertz CT molecular complexity index is 1110. The number of nitrogens with zero attached hydrogens (tertiary/aromatic N) is 3. The van der Waals surface area contributed by atoms with Crippen LogP contribution in [-0.2, 0) is 4.79 Å². The highest BCUT2D eigenvalue weighted by molar-refractivity contribution is 8.19. The number of rotatable bonds is 3. The van der Waals surface area contributed by atoms with Crippen molar-refractivity contribution in [3.05, 3.63) is 65.1 Å². The van der Waals surface area contributed by atoms with Crippen molar-refractivity contribution in [2.75, 3.05) is 31.7 Å². The lowest BCUT2D eigenvalue weighted by molar-refractivity contribution is -0.121. The van der Waals surface area contributed by atoms with Gasteiger partial charge in [-0.05, 0) is 36.0 Å². The van der Waals surface area contributed by atoms with E-state index in [9.17, 15) is 4.79 Å². The van der Waals surface area contributed by atoms with E-state index in [1.165, 1.54) is 11.8 Å². The number of para-hydroxylation sites is 1. The second-order valence-electron chi connectivity index (χ2n) is 6.79. The standard InChI is InChI=1S/C22H19N3O3S2/c1-3-10-25-20(26)19(21-24(2)15-6-4-5-7-18(15)29-21)30-22(25)23-14-8-9-16-17(13-14)28-12-11-27-16/h3-9,13H,1,10-12H2,2H3/b21-19-,23-22?. The van der Waals surface area contributed by atoms with Crippen LogP contribution in [0.25, 0.3) is 0 Å². The molecule has 1 saturated heterocycles. The smallest absolute Gasteiger partial charge is 0.269 e. The number of hydrogen-bond acceptors (Lipinski definition) is 7. The largest absolute Gasteiger partial charge is 0.486 e. The third-order valence-corrected chi connectivity index (χ3v) is 7.29. The molecule has 2 aromatic carbocycles. The summed E-state index contributed by atoms with van der Waals surface area (Å²) in [5.41, 5.74) is 1.82. The third kappa shape index (κ3) is 3.26. The van der Waals surface area contributed by atoms with E-state index in [0.717, 1.165) is 15.6 Å². The van der Waals surface area contributed by atoms with Crippen molar-refractivity contribution >= 4 is 46.0 Å². The number of thioether (sulfide) groups is 2. The zero-order chi connectivity index (χ0) is 20.7. The van der Waals surface area contributed by atoms with E-state index in [1.54, 1.807) is 22.7 Å². The molecule has 2 aromatic rings. The minimum absolute atomic E-state index is 0.0571. The van der Waals surface area contributed by atoms with E-state index in [4.69, 9.17) is 14.5 Å².